The van der Waals surface area contributed by atoms with Crippen molar-refractivity contribution in [3.8, 4) is 5.75 Å². The van der Waals surface area contributed by atoms with Crippen molar-refractivity contribution in [3.05, 3.63) is 44.8 Å². The highest BCUT2D eigenvalue weighted by Gasteiger charge is 2.29. The van der Waals surface area contributed by atoms with E-state index in [0.717, 1.165) is 41.7 Å². The molecule has 1 atom stereocenters. The lowest BCUT2D eigenvalue weighted by Crippen LogP contribution is -2.32. The summed E-state index contributed by atoms with van der Waals surface area (Å²) in [5, 5.41) is 3.68. The second-order valence-electron chi connectivity index (χ2n) is 7.40. The minimum absolute atomic E-state index is 0.179. The monoisotopic (exact) mass is 448 g/mol. The van der Waals surface area contributed by atoms with Crippen LogP contribution < -0.4 is 15.8 Å². The van der Waals surface area contributed by atoms with E-state index in [-0.39, 0.29) is 6.61 Å². The topological polar surface area (TPSA) is 108 Å². The summed E-state index contributed by atoms with van der Waals surface area (Å²) in [6, 6.07) is 5.25. The van der Waals surface area contributed by atoms with Crippen LogP contribution in [0.5, 0.6) is 5.75 Å². The third-order valence-electron chi connectivity index (χ3n) is 5.28. The largest absolute Gasteiger partial charge is 0.492 e. The molecule has 0 saturated carbocycles. The summed E-state index contributed by atoms with van der Waals surface area (Å²) in [5.41, 5.74) is 7.68. The number of hydrogen-bond donors (Lipinski definition) is 2. The number of anilines is 1. The van der Waals surface area contributed by atoms with E-state index in [0.29, 0.717) is 27.8 Å². The number of nitrogens with one attached hydrogen (secondary N) is 1. The molecule has 1 unspecified atom stereocenters. The zero-order valence-electron chi connectivity index (χ0n) is 16.2. The molecule has 4 rings (SSSR count). The Bertz CT molecular complexity index is 1020. The highest BCUT2D eigenvalue weighted by molar-refractivity contribution is 7.17. The van der Waals surface area contributed by atoms with Gasteiger partial charge in [0, 0.05) is 9.90 Å². The van der Waals surface area contributed by atoms with Crippen LogP contribution in [0.3, 0.4) is 0 Å². The van der Waals surface area contributed by atoms with E-state index >= 15 is 0 Å². The number of rotatable bonds is 5. The van der Waals surface area contributed by atoms with Crippen LogP contribution in [0.1, 0.15) is 39.2 Å². The Hall–Kier alpha value is -2.58. The van der Waals surface area contributed by atoms with Gasteiger partial charge in [-0.05, 0) is 61.4 Å². The lowest BCUT2D eigenvalue weighted by Gasteiger charge is -2.24. The lowest BCUT2D eigenvalue weighted by molar-refractivity contribution is -0.152. The average Bonchev–Trinajstić information content (AvgIpc) is 3.09. The van der Waals surface area contributed by atoms with Crippen LogP contribution >= 0.6 is 22.9 Å². The fraction of sp³-hybridized carbons (Fsp3) is 0.381. The smallest absolute Gasteiger partial charge is 0.313 e. The van der Waals surface area contributed by atoms with E-state index in [9.17, 15) is 14.4 Å². The number of aryl methyl sites for hydroxylation is 1. The number of carbonyl (C=O) groups excluding carboxylic acids is 3. The first-order valence-electron chi connectivity index (χ1n) is 9.74. The third kappa shape index (κ3) is 4.29. The number of amides is 2. The zero-order chi connectivity index (χ0) is 21.3. The molecule has 1 aromatic heterocycles. The SMILES string of the molecule is NC(=O)c1c(NC(=O)COC(=O)C2COc3ccc(Cl)cc3C2)sc2c1CCCC2. The van der Waals surface area contributed by atoms with E-state index in [2.05, 4.69) is 5.32 Å². The zero-order valence-corrected chi connectivity index (χ0v) is 17.7. The van der Waals surface area contributed by atoms with Crippen LogP contribution in [-0.2, 0) is 33.6 Å². The van der Waals surface area contributed by atoms with Gasteiger partial charge in [0.25, 0.3) is 11.8 Å². The van der Waals surface area contributed by atoms with E-state index in [1.165, 1.54) is 11.3 Å². The Labute approximate surface area is 182 Å². The first-order chi connectivity index (χ1) is 14.4. The van der Waals surface area contributed by atoms with Crippen molar-refractivity contribution >= 4 is 45.7 Å². The standard InChI is InChI=1S/C21H21ClN2O5S/c22-13-5-6-15-11(8-13)7-12(9-28-15)21(27)29-10-17(25)24-20-18(19(23)26)14-3-1-2-4-16(14)30-20/h5-6,8,12H,1-4,7,9-10H2,(H2,23,26)(H,24,25). The van der Waals surface area contributed by atoms with Gasteiger partial charge in [0.05, 0.1) is 11.5 Å². The van der Waals surface area contributed by atoms with Crippen LogP contribution in [0.25, 0.3) is 0 Å². The number of fused-ring (bicyclic) bond motifs is 2. The highest BCUT2D eigenvalue weighted by atomic mass is 35.5. The van der Waals surface area contributed by atoms with Gasteiger partial charge >= 0.3 is 5.97 Å². The van der Waals surface area contributed by atoms with Crippen molar-refractivity contribution in [2.24, 2.45) is 11.7 Å². The second kappa shape index (κ2) is 8.65. The molecule has 2 aliphatic rings. The van der Waals surface area contributed by atoms with Crippen molar-refractivity contribution in [2.75, 3.05) is 18.5 Å². The van der Waals surface area contributed by atoms with Crippen molar-refractivity contribution < 1.29 is 23.9 Å². The summed E-state index contributed by atoms with van der Waals surface area (Å²) < 4.78 is 10.8. The molecule has 1 aliphatic heterocycles. The molecule has 1 aliphatic carbocycles. The number of hydrogen-bond acceptors (Lipinski definition) is 6. The highest BCUT2D eigenvalue weighted by Crippen LogP contribution is 2.38. The predicted octanol–water partition coefficient (Wildman–Crippen LogP) is 3.11. The number of benzene rings is 1. The normalized spacial score (nSPS) is 17.3. The van der Waals surface area contributed by atoms with Gasteiger partial charge < -0.3 is 20.5 Å². The van der Waals surface area contributed by atoms with Crippen molar-refractivity contribution in [1.29, 1.82) is 0 Å². The van der Waals surface area contributed by atoms with Gasteiger partial charge in [-0.1, -0.05) is 11.6 Å². The van der Waals surface area contributed by atoms with Gasteiger partial charge in [0.1, 0.15) is 17.4 Å². The Morgan fingerprint density at radius 3 is 2.87 bits per heavy atom. The lowest BCUT2D eigenvalue weighted by atomic mass is 9.95. The van der Waals surface area contributed by atoms with Crippen LogP contribution in [-0.4, -0.2) is 31.0 Å². The first kappa shape index (κ1) is 20.7. The molecule has 2 amide bonds. The summed E-state index contributed by atoms with van der Waals surface area (Å²) in [6.07, 6.45) is 4.13. The maximum absolute atomic E-state index is 12.4. The summed E-state index contributed by atoms with van der Waals surface area (Å²) >= 11 is 7.37. The molecule has 3 N–H and O–H groups in total. The van der Waals surface area contributed by atoms with E-state index < -0.39 is 30.3 Å². The quantitative estimate of drug-likeness (QED) is 0.683. The Morgan fingerprint density at radius 2 is 2.07 bits per heavy atom. The number of ether oxygens (including phenoxy) is 2. The molecule has 0 radical (unpaired) electrons. The van der Waals surface area contributed by atoms with Crippen LogP contribution in [0, 0.1) is 5.92 Å². The molecule has 0 spiro atoms. The maximum Gasteiger partial charge on any atom is 0.313 e. The van der Waals surface area contributed by atoms with Gasteiger partial charge in [-0.3, -0.25) is 14.4 Å². The van der Waals surface area contributed by atoms with Gasteiger partial charge in [-0.15, -0.1) is 11.3 Å². The molecular formula is C21H21ClN2O5S. The average molecular weight is 449 g/mol. The minimum Gasteiger partial charge on any atom is -0.492 e. The minimum atomic E-state index is -0.557. The number of esters is 1. The molecule has 158 valence electrons. The number of primary amides is 1. The van der Waals surface area contributed by atoms with E-state index in [4.69, 9.17) is 26.8 Å². The molecule has 0 fully saturated rings. The summed E-state index contributed by atoms with van der Waals surface area (Å²) in [4.78, 5) is 37.7. The summed E-state index contributed by atoms with van der Waals surface area (Å²) in [7, 11) is 0. The van der Waals surface area contributed by atoms with E-state index in [1.54, 1.807) is 18.2 Å². The molecule has 0 bridgehead atoms. The molecule has 9 heteroatoms. The predicted molar refractivity (Wildman–Crippen MR) is 113 cm³/mol. The number of nitrogens with two attached hydrogens (primary N) is 1. The fourth-order valence-corrected chi connectivity index (χ4v) is 5.35. The van der Waals surface area contributed by atoms with Crippen molar-refractivity contribution in [1.82, 2.24) is 0 Å². The van der Waals surface area contributed by atoms with Crippen LogP contribution in [0.2, 0.25) is 5.02 Å². The molecule has 30 heavy (non-hydrogen) atoms. The second-order valence-corrected chi connectivity index (χ2v) is 8.94. The number of carbonyl (C=O) groups is 3. The molecule has 2 heterocycles. The Kier molecular flexibility index (Phi) is 5.97. The Balaban J connectivity index is 1.36. The van der Waals surface area contributed by atoms with Gasteiger partial charge in [0.15, 0.2) is 6.61 Å². The maximum atomic E-state index is 12.4. The Morgan fingerprint density at radius 1 is 1.27 bits per heavy atom. The van der Waals surface area contributed by atoms with Gasteiger partial charge in [-0.25, -0.2) is 0 Å². The van der Waals surface area contributed by atoms with Crippen molar-refractivity contribution in [3.63, 3.8) is 0 Å². The molecule has 0 saturated heterocycles. The third-order valence-corrected chi connectivity index (χ3v) is 6.72. The van der Waals surface area contributed by atoms with E-state index in [1.807, 2.05) is 0 Å². The van der Waals surface area contributed by atoms with Crippen LogP contribution in [0.4, 0.5) is 5.00 Å². The molecular weight excluding hydrogens is 428 g/mol. The summed E-state index contributed by atoms with van der Waals surface area (Å²) in [6.45, 7) is -0.267. The fourth-order valence-electron chi connectivity index (χ4n) is 3.85. The summed E-state index contributed by atoms with van der Waals surface area (Å²) in [5.74, 6) is -1.40. The van der Waals surface area contributed by atoms with Crippen molar-refractivity contribution in [2.45, 2.75) is 32.1 Å². The molecule has 7 nitrogen and oxygen atoms in total. The van der Waals surface area contributed by atoms with Gasteiger partial charge in [0.2, 0.25) is 0 Å². The molecule has 2 aromatic rings. The first-order valence-corrected chi connectivity index (χ1v) is 10.9. The number of halogens is 1. The number of thiophene rings is 1. The van der Waals surface area contributed by atoms with Crippen LogP contribution in [0.15, 0.2) is 18.2 Å². The van der Waals surface area contributed by atoms with Gasteiger partial charge in [-0.2, -0.15) is 0 Å². The molecule has 1 aromatic carbocycles.